The van der Waals surface area contributed by atoms with Crippen LogP contribution in [0, 0.1) is 5.82 Å². The molecule has 0 fully saturated rings. The topological polar surface area (TPSA) is 91.9 Å². The first-order valence-corrected chi connectivity index (χ1v) is 8.95. The lowest BCUT2D eigenvalue weighted by molar-refractivity contribution is 0.184. The minimum absolute atomic E-state index is 0.0174. The number of aliphatic hydroxyl groups excluding tert-OH is 1. The molecule has 142 valence electrons. The number of fused-ring (bicyclic) bond motifs is 1. The second kappa shape index (κ2) is 8.12. The standard InChI is InChI=1S/C17H15BrClFN4O3/c1-24-8-21-16-13(24)7-10(17(23-26)27-5-4-25)15(14(16)20)22-12-3-2-9(18)6-11(12)19/h2-3,6-8,22,25-26H,4-5H2,1H3. The largest absolute Gasteiger partial charge is 0.473 e. The van der Waals surface area contributed by atoms with Crippen molar-refractivity contribution < 1.29 is 19.4 Å². The lowest BCUT2D eigenvalue weighted by Gasteiger charge is -2.16. The van der Waals surface area contributed by atoms with Crippen molar-refractivity contribution in [1.82, 2.24) is 9.55 Å². The molecule has 0 saturated heterocycles. The van der Waals surface area contributed by atoms with Crippen LogP contribution in [0.15, 0.2) is 40.2 Å². The van der Waals surface area contributed by atoms with Crippen LogP contribution in [0.5, 0.6) is 0 Å². The van der Waals surface area contributed by atoms with Gasteiger partial charge in [0.1, 0.15) is 12.1 Å². The van der Waals surface area contributed by atoms with E-state index in [0.717, 1.165) is 4.47 Å². The van der Waals surface area contributed by atoms with Crippen LogP contribution in [-0.2, 0) is 11.8 Å². The summed E-state index contributed by atoms with van der Waals surface area (Å²) in [5.74, 6) is -0.905. The summed E-state index contributed by atoms with van der Waals surface area (Å²) in [6, 6.07) is 6.65. The van der Waals surface area contributed by atoms with Crippen LogP contribution in [0.1, 0.15) is 5.56 Å². The monoisotopic (exact) mass is 456 g/mol. The fourth-order valence-electron chi connectivity index (χ4n) is 2.54. The number of rotatable bonds is 5. The molecule has 3 aromatic rings. The second-order valence-electron chi connectivity index (χ2n) is 5.56. The molecule has 0 atom stereocenters. The quantitative estimate of drug-likeness (QED) is 0.233. The first kappa shape index (κ1) is 19.4. The molecule has 1 aromatic heterocycles. The Hall–Kier alpha value is -2.36. The fourth-order valence-corrected chi connectivity index (χ4v) is 3.26. The first-order chi connectivity index (χ1) is 13.0. The number of ether oxygens (including phenoxy) is 1. The highest BCUT2D eigenvalue weighted by Crippen LogP contribution is 2.34. The van der Waals surface area contributed by atoms with Gasteiger partial charge in [-0.15, -0.1) is 0 Å². The number of hydrogen-bond donors (Lipinski definition) is 3. The number of imidazole rings is 1. The number of oxime groups is 1. The minimum atomic E-state index is -0.657. The average molecular weight is 458 g/mol. The number of anilines is 2. The van der Waals surface area contributed by atoms with Gasteiger partial charge in [0.2, 0.25) is 0 Å². The summed E-state index contributed by atoms with van der Waals surface area (Å²) < 4.78 is 22.9. The highest BCUT2D eigenvalue weighted by Gasteiger charge is 2.22. The van der Waals surface area contributed by atoms with Crippen molar-refractivity contribution >= 4 is 55.8 Å². The Kier molecular flexibility index (Phi) is 5.83. The van der Waals surface area contributed by atoms with Crippen molar-refractivity contribution in [1.29, 1.82) is 0 Å². The van der Waals surface area contributed by atoms with Gasteiger partial charge in [0.25, 0.3) is 5.90 Å². The molecule has 0 aliphatic carbocycles. The van der Waals surface area contributed by atoms with E-state index in [4.69, 9.17) is 21.4 Å². The maximum absolute atomic E-state index is 15.2. The normalized spacial score (nSPS) is 11.8. The van der Waals surface area contributed by atoms with Crippen molar-refractivity contribution in [2.45, 2.75) is 0 Å². The van der Waals surface area contributed by atoms with Crippen LogP contribution in [0.25, 0.3) is 11.0 Å². The van der Waals surface area contributed by atoms with E-state index in [1.807, 2.05) is 0 Å². The van der Waals surface area contributed by atoms with Crippen molar-refractivity contribution in [2.75, 3.05) is 18.5 Å². The van der Waals surface area contributed by atoms with Crippen molar-refractivity contribution in [3.8, 4) is 0 Å². The summed E-state index contributed by atoms with van der Waals surface area (Å²) in [5, 5.41) is 24.7. The van der Waals surface area contributed by atoms with E-state index in [0.29, 0.717) is 16.2 Å². The predicted molar refractivity (Wildman–Crippen MR) is 104 cm³/mol. The zero-order valence-electron chi connectivity index (χ0n) is 14.1. The molecule has 27 heavy (non-hydrogen) atoms. The summed E-state index contributed by atoms with van der Waals surface area (Å²) >= 11 is 9.54. The fraction of sp³-hybridized carbons (Fsp3) is 0.176. The Morgan fingerprint density at radius 3 is 2.89 bits per heavy atom. The SMILES string of the molecule is Cn1cnc2c(F)c(Nc3ccc(Br)cc3Cl)c(C(=NO)OCCO)cc21. The third-order valence-corrected chi connectivity index (χ3v) is 4.61. The van der Waals surface area contributed by atoms with Gasteiger partial charge in [0.15, 0.2) is 5.82 Å². The molecular weight excluding hydrogens is 443 g/mol. The van der Waals surface area contributed by atoms with Gasteiger partial charge >= 0.3 is 0 Å². The van der Waals surface area contributed by atoms with E-state index >= 15 is 4.39 Å². The lowest BCUT2D eigenvalue weighted by Crippen LogP contribution is -2.14. The highest BCUT2D eigenvalue weighted by atomic mass is 79.9. The summed E-state index contributed by atoms with van der Waals surface area (Å²) in [5.41, 5.74) is 1.18. The number of aliphatic hydroxyl groups is 1. The van der Waals surface area contributed by atoms with E-state index in [1.54, 1.807) is 35.9 Å². The van der Waals surface area contributed by atoms with Gasteiger partial charge in [0, 0.05) is 11.5 Å². The van der Waals surface area contributed by atoms with E-state index in [9.17, 15) is 5.21 Å². The molecule has 0 spiro atoms. The van der Waals surface area contributed by atoms with Crippen LogP contribution >= 0.6 is 27.5 Å². The molecule has 0 aliphatic heterocycles. The molecule has 3 rings (SSSR count). The number of benzene rings is 2. The number of hydrogen-bond acceptors (Lipinski definition) is 6. The summed E-state index contributed by atoms with van der Waals surface area (Å²) in [6.45, 7) is -0.417. The molecule has 0 saturated carbocycles. The maximum atomic E-state index is 15.2. The Bertz CT molecular complexity index is 1030. The third-order valence-electron chi connectivity index (χ3n) is 3.80. The van der Waals surface area contributed by atoms with Gasteiger partial charge in [-0.25, -0.2) is 9.37 Å². The molecule has 1 heterocycles. The highest BCUT2D eigenvalue weighted by molar-refractivity contribution is 9.10. The zero-order chi connectivity index (χ0) is 19.6. The molecule has 0 unspecified atom stereocenters. The van der Waals surface area contributed by atoms with Gasteiger partial charge < -0.3 is 24.9 Å². The van der Waals surface area contributed by atoms with Crippen molar-refractivity contribution in [3.05, 3.63) is 51.5 Å². The Morgan fingerprint density at radius 2 is 2.22 bits per heavy atom. The molecule has 3 N–H and O–H groups in total. The van der Waals surface area contributed by atoms with Crippen LogP contribution in [0.3, 0.4) is 0 Å². The van der Waals surface area contributed by atoms with Gasteiger partial charge in [-0.2, -0.15) is 0 Å². The average Bonchev–Trinajstić information content (AvgIpc) is 3.01. The Labute approximate surface area is 167 Å². The molecule has 2 aromatic carbocycles. The van der Waals surface area contributed by atoms with Crippen molar-refractivity contribution in [2.24, 2.45) is 12.2 Å². The number of nitrogens with one attached hydrogen (secondary N) is 1. The summed E-state index contributed by atoms with van der Waals surface area (Å²) in [6.07, 6.45) is 1.47. The zero-order valence-corrected chi connectivity index (χ0v) is 16.4. The van der Waals surface area contributed by atoms with E-state index < -0.39 is 5.82 Å². The molecule has 10 heteroatoms. The smallest absolute Gasteiger partial charge is 0.259 e. The number of aryl methyl sites for hydroxylation is 1. The van der Waals surface area contributed by atoms with Crippen LogP contribution < -0.4 is 5.32 Å². The number of aromatic nitrogens is 2. The first-order valence-electron chi connectivity index (χ1n) is 7.78. The Morgan fingerprint density at radius 1 is 1.44 bits per heavy atom. The number of nitrogens with zero attached hydrogens (tertiary/aromatic N) is 3. The van der Waals surface area contributed by atoms with E-state index in [-0.39, 0.29) is 35.9 Å². The maximum Gasteiger partial charge on any atom is 0.259 e. The molecule has 0 amide bonds. The van der Waals surface area contributed by atoms with E-state index in [2.05, 4.69) is 31.4 Å². The summed E-state index contributed by atoms with van der Waals surface area (Å²) in [4.78, 5) is 4.07. The Balaban J connectivity index is 2.19. The van der Waals surface area contributed by atoms with Gasteiger partial charge in [0.05, 0.1) is 40.4 Å². The molecule has 0 radical (unpaired) electrons. The molecule has 7 nitrogen and oxygen atoms in total. The summed E-state index contributed by atoms with van der Waals surface area (Å²) in [7, 11) is 1.71. The van der Waals surface area contributed by atoms with Crippen LogP contribution in [0.4, 0.5) is 15.8 Å². The second-order valence-corrected chi connectivity index (χ2v) is 6.89. The van der Waals surface area contributed by atoms with Gasteiger partial charge in [-0.1, -0.05) is 27.5 Å². The molecule has 0 bridgehead atoms. The third kappa shape index (κ3) is 3.85. The van der Waals surface area contributed by atoms with Crippen molar-refractivity contribution in [3.63, 3.8) is 0 Å². The predicted octanol–water partition coefficient (Wildman–Crippen LogP) is 4.02. The lowest BCUT2D eigenvalue weighted by atomic mass is 10.1. The van der Waals surface area contributed by atoms with Gasteiger partial charge in [-0.05, 0) is 29.4 Å². The molecular formula is C17H15BrClFN4O3. The minimum Gasteiger partial charge on any atom is -0.473 e. The number of halogens is 3. The van der Waals surface area contributed by atoms with Crippen LogP contribution in [-0.4, -0.2) is 39.0 Å². The molecule has 0 aliphatic rings. The van der Waals surface area contributed by atoms with E-state index in [1.165, 1.54) is 6.33 Å². The van der Waals surface area contributed by atoms with Crippen LogP contribution in [0.2, 0.25) is 5.02 Å². The van der Waals surface area contributed by atoms with Gasteiger partial charge in [-0.3, -0.25) is 0 Å².